The van der Waals surface area contributed by atoms with Crippen LogP contribution in [0.4, 0.5) is 5.69 Å². The molecule has 0 atom stereocenters. The minimum Gasteiger partial charge on any atom is -0.258 e. The number of nitro groups is 1. The third-order valence-electron chi connectivity index (χ3n) is 1.95. The normalized spacial score (nSPS) is 12.0. The standard InChI is InChI=1S/C7H9ClN2O4S2/c1-3-9(2)16(13,14)6-4-5(10(11)12)7(8)15-6/h4H,3H2,1-2H3. The van der Waals surface area contributed by atoms with Gasteiger partial charge < -0.3 is 0 Å². The Bertz CT molecular complexity index is 510. The zero-order valence-corrected chi connectivity index (χ0v) is 10.9. The summed E-state index contributed by atoms with van der Waals surface area (Å²) in [5.41, 5.74) is -0.380. The van der Waals surface area contributed by atoms with E-state index < -0.39 is 14.9 Å². The second-order valence-electron chi connectivity index (χ2n) is 2.90. The third-order valence-corrected chi connectivity index (χ3v) is 5.67. The first-order valence-electron chi connectivity index (χ1n) is 4.20. The second kappa shape index (κ2) is 4.66. The summed E-state index contributed by atoms with van der Waals surface area (Å²) in [6, 6.07) is 0.981. The van der Waals surface area contributed by atoms with E-state index in [9.17, 15) is 18.5 Å². The SMILES string of the molecule is CCN(C)S(=O)(=O)c1cc([N+](=O)[O-])c(Cl)s1. The Hall–Kier alpha value is -0.700. The van der Waals surface area contributed by atoms with E-state index in [0.717, 1.165) is 10.4 Å². The van der Waals surface area contributed by atoms with Gasteiger partial charge in [0.05, 0.1) is 4.92 Å². The van der Waals surface area contributed by atoms with Gasteiger partial charge in [0, 0.05) is 19.7 Å². The van der Waals surface area contributed by atoms with Crippen molar-refractivity contribution in [1.82, 2.24) is 4.31 Å². The summed E-state index contributed by atoms with van der Waals surface area (Å²) < 4.78 is 24.5. The molecule has 1 aromatic rings. The van der Waals surface area contributed by atoms with Gasteiger partial charge >= 0.3 is 0 Å². The highest BCUT2D eigenvalue weighted by Crippen LogP contribution is 2.37. The molecule has 0 aliphatic carbocycles. The Morgan fingerprint density at radius 2 is 2.19 bits per heavy atom. The number of nitrogens with zero attached hydrogens (tertiary/aromatic N) is 2. The van der Waals surface area contributed by atoms with E-state index in [1.165, 1.54) is 7.05 Å². The maximum absolute atomic E-state index is 11.8. The molecule has 0 unspecified atom stereocenters. The van der Waals surface area contributed by atoms with Crippen molar-refractivity contribution in [3.63, 3.8) is 0 Å². The number of thiophene rings is 1. The Morgan fingerprint density at radius 1 is 1.62 bits per heavy atom. The number of rotatable bonds is 4. The molecule has 0 saturated carbocycles. The Morgan fingerprint density at radius 3 is 2.56 bits per heavy atom. The molecule has 0 aliphatic heterocycles. The number of hydrogen-bond acceptors (Lipinski definition) is 5. The van der Waals surface area contributed by atoms with Crippen molar-refractivity contribution in [2.24, 2.45) is 0 Å². The molecular weight excluding hydrogens is 276 g/mol. The first kappa shape index (κ1) is 13.4. The molecule has 1 rings (SSSR count). The van der Waals surface area contributed by atoms with Crippen molar-refractivity contribution >= 4 is 38.6 Å². The molecule has 0 fully saturated rings. The molecule has 16 heavy (non-hydrogen) atoms. The molecule has 0 aromatic carbocycles. The summed E-state index contributed by atoms with van der Waals surface area (Å²) in [7, 11) is -2.26. The van der Waals surface area contributed by atoms with Crippen LogP contribution in [0, 0.1) is 10.1 Å². The van der Waals surface area contributed by atoms with Gasteiger partial charge in [0.15, 0.2) is 4.34 Å². The van der Waals surface area contributed by atoms with Crippen LogP contribution in [-0.4, -0.2) is 31.2 Å². The van der Waals surface area contributed by atoms with Gasteiger partial charge in [-0.1, -0.05) is 18.5 Å². The topological polar surface area (TPSA) is 80.5 Å². The van der Waals surface area contributed by atoms with Crippen molar-refractivity contribution < 1.29 is 13.3 Å². The number of hydrogen-bond donors (Lipinski definition) is 0. The monoisotopic (exact) mass is 284 g/mol. The first-order valence-corrected chi connectivity index (χ1v) is 6.84. The van der Waals surface area contributed by atoms with Crippen molar-refractivity contribution in [3.05, 3.63) is 20.5 Å². The van der Waals surface area contributed by atoms with Crippen LogP contribution < -0.4 is 0 Å². The summed E-state index contributed by atoms with van der Waals surface area (Å²) in [6.07, 6.45) is 0. The van der Waals surface area contributed by atoms with Crippen molar-refractivity contribution in [3.8, 4) is 0 Å². The van der Waals surface area contributed by atoms with Crippen LogP contribution in [0.3, 0.4) is 0 Å². The molecule has 0 radical (unpaired) electrons. The van der Waals surface area contributed by atoms with Gasteiger partial charge in [0.25, 0.3) is 15.7 Å². The predicted octanol–water partition coefficient (Wildman–Crippen LogP) is 1.95. The fourth-order valence-corrected chi connectivity index (χ4v) is 3.97. The zero-order valence-electron chi connectivity index (χ0n) is 8.51. The van der Waals surface area contributed by atoms with Gasteiger partial charge in [-0.15, -0.1) is 11.3 Å². The van der Waals surface area contributed by atoms with E-state index in [4.69, 9.17) is 11.6 Å². The summed E-state index contributed by atoms with van der Waals surface area (Å²) in [4.78, 5) is 9.82. The Kier molecular flexibility index (Phi) is 3.89. The number of halogens is 1. The number of sulfonamides is 1. The van der Waals surface area contributed by atoms with E-state index in [1.54, 1.807) is 6.92 Å². The van der Waals surface area contributed by atoms with Crippen LogP contribution in [0.15, 0.2) is 10.3 Å². The third kappa shape index (κ3) is 2.34. The Labute approximate surface area is 102 Å². The van der Waals surface area contributed by atoms with Crippen LogP contribution in [0.1, 0.15) is 6.92 Å². The van der Waals surface area contributed by atoms with Gasteiger partial charge in [0.2, 0.25) is 0 Å². The van der Waals surface area contributed by atoms with Crippen LogP contribution >= 0.6 is 22.9 Å². The molecule has 9 heteroatoms. The molecule has 0 amide bonds. The van der Waals surface area contributed by atoms with E-state index in [2.05, 4.69) is 0 Å². The molecule has 6 nitrogen and oxygen atoms in total. The lowest BCUT2D eigenvalue weighted by atomic mass is 10.6. The lowest BCUT2D eigenvalue weighted by Crippen LogP contribution is -2.25. The highest BCUT2D eigenvalue weighted by atomic mass is 35.5. The van der Waals surface area contributed by atoms with E-state index in [-0.39, 0.29) is 20.8 Å². The van der Waals surface area contributed by atoms with E-state index in [1.807, 2.05) is 0 Å². The molecule has 1 heterocycles. The molecule has 0 bridgehead atoms. The molecular formula is C7H9ClN2O4S2. The van der Waals surface area contributed by atoms with Gasteiger partial charge in [-0.25, -0.2) is 12.7 Å². The highest BCUT2D eigenvalue weighted by molar-refractivity contribution is 7.91. The molecule has 0 N–H and O–H groups in total. The Balaban J connectivity index is 3.26. The molecule has 0 saturated heterocycles. The summed E-state index contributed by atoms with van der Waals surface area (Å²) in [5, 5.41) is 10.5. The lowest BCUT2D eigenvalue weighted by molar-refractivity contribution is -0.384. The zero-order chi connectivity index (χ0) is 12.5. The first-order chi connectivity index (χ1) is 7.30. The molecule has 0 spiro atoms. The summed E-state index contributed by atoms with van der Waals surface area (Å²) >= 11 is 6.28. The van der Waals surface area contributed by atoms with E-state index in [0.29, 0.717) is 11.3 Å². The predicted molar refractivity (Wildman–Crippen MR) is 61.5 cm³/mol. The minimum atomic E-state index is -3.66. The molecule has 0 aliphatic rings. The average molecular weight is 285 g/mol. The second-order valence-corrected chi connectivity index (χ2v) is 6.83. The van der Waals surface area contributed by atoms with Gasteiger partial charge in [-0.05, 0) is 0 Å². The van der Waals surface area contributed by atoms with Gasteiger partial charge in [-0.3, -0.25) is 10.1 Å². The minimum absolute atomic E-state index is 0.117. The van der Waals surface area contributed by atoms with Crippen molar-refractivity contribution in [1.29, 1.82) is 0 Å². The van der Waals surface area contributed by atoms with Gasteiger partial charge in [-0.2, -0.15) is 0 Å². The smallest absolute Gasteiger partial charge is 0.258 e. The van der Waals surface area contributed by atoms with Crippen molar-refractivity contribution in [2.45, 2.75) is 11.1 Å². The maximum Gasteiger partial charge on any atom is 0.300 e. The van der Waals surface area contributed by atoms with E-state index >= 15 is 0 Å². The fraction of sp³-hybridized carbons (Fsp3) is 0.429. The van der Waals surface area contributed by atoms with Crippen LogP contribution in [0.25, 0.3) is 0 Å². The van der Waals surface area contributed by atoms with Crippen LogP contribution in [0.5, 0.6) is 0 Å². The molecule has 90 valence electrons. The quantitative estimate of drug-likeness (QED) is 0.625. The van der Waals surface area contributed by atoms with Crippen molar-refractivity contribution in [2.75, 3.05) is 13.6 Å². The fourth-order valence-electron chi connectivity index (χ4n) is 0.914. The van der Waals surface area contributed by atoms with Crippen LogP contribution in [0.2, 0.25) is 4.34 Å². The van der Waals surface area contributed by atoms with Crippen LogP contribution in [-0.2, 0) is 10.0 Å². The average Bonchev–Trinajstić information content (AvgIpc) is 2.59. The lowest BCUT2D eigenvalue weighted by Gasteiger charge is -2.12. The molecule has 1 aromatic heterocycles. The highest BCUT2D eigenvalue weighted by Gasteiger charge is 2.27. The summed E-state index contributed by atoms with van der Waals surface area (Å²) in [5.74, 6) is 0. The maximum atomic E-state index is 11.8. The summed E-state index contributed by atoms with van der Waals surface area (Å²) in [6.45, 7) is 1.95. The largest absolute Gasteiger partial charge is 0.300 e. The van der Waals surface area contributed by atoms with Gasteiger partial charge in [0.1, 0.15) is 4.21 Å².